The second kappa shape index (κ2) is 5.03. The van der Waals surface area contributed by atoms with Gasteiger partial charge in [0.15, 0.2) is 0 Å². The summed E-state index contributed by atoms with van der Waals surface area (Å²) < 4.78 is 28.3. The first-order valence-corrected chi connectivity index (χ1v) is 6.38. The van der Waals surface area contributed by atoms with Crippen molar-refractivity contribution in [2.75, 3.05) is 5.32 Å². The minimum Gasteiger partial charge on any atom is -0.335 e. The molecule has 0 fully saturated rings. The molecule has 2 heterocycles. The molecular formula is C14H13F2N3O. The highest BCUT2D eigenvalue weighted by atomic mass is 19.1. The van der Waals surface area contributed by atoms with E-state index in [-0.39, 0.29) is 17.5 Å². The number of hydrogen-bond acceptors (Lipinski definition) is 2. The van der Waals surface area contributed by atoms with Crippen LogP contribution in [-0.4, -0.2) is 15.5 Å². The van der Waals surface area contributed by atoms with E-state index in [4.69, 9.17) is 0 Å². The molecule has 1 aromatic heterocycles. The number of hydrogen-bond donors (Lipinski definition) is 1. The Kier molecular flexibility index (Phi) is 3.22. The van der Waals surface area contributed by atoms with Crippen molar-refractivity contribution in [3.63, 3.8) is 0 Å². The lowest BCUT2D eigenvalue weighted by atomic mass is 9.95. The quantitative estimate of drug-likeness (QED) is 0.916. The number of amides is 1. The van der Waals surface area contributed by atoms with Crippen molar-refractivity contribution in [3.05, 3.63) is 48.1 Å². The number of fused-ring (bicyclic) bond motifs is 1. The summed E-state index contributed by atoms with van der Waals surface area (Å²) in [4.78, 5) is 16.2. The van der Waals surface area contributed by atoms with Crippen molar-refractivity contribution >= 4 is 11.6 Å². The van der Waals surface area contributed by atoms with Crippen molar-refractivity contribution in [3.8, 4) is 0 Å². The summed E-state index contributed by atoms with van der Waals surface area (Å²) in [6, 6.07) is 3.11. The Morgan fingerprint density at radius 3 is 3.05 bits per heavy atom. The average molecular weight is 277 g/mol. The zero-order chi connectivity index (χ0) is 14.1. The van der Waals surface area contributed by atoms with Crippen molar-refractivity contribution in [2.24, 2.45) is 5.92 Å². The van der Waals surface area contributed by atoms with Crippen LogP contribution in [0, 0.1) is 17.6 Å². The Morgan fingerprint density at radius 2 is 2.25 bits per heavy atom. The number of aryl methyl sites for hydroxylation is 1. The Labute approximate surface area is 114 Å². The first-order chi connectivity index (χ1) is 9.63. The van der Waals surface area contributed by atoms with Gasteiger partial charge >= 0.3 is 0 Å². The number of nitrogens with one attached hydrogen (secondary N) is 1. The third kappa shape index (κ3) is 2.41. The molecule has 3 rings (SSSR count). The maximum Gasteiger partial charge on any atom is 0.228 e. The molecule has 1 unspecified atom stereocenters. The lowest BCUT2D eigenvalue weighted by molar-refractivity contribution is -0.120. The van der Waals surface area contributed by atoms with E-state index in [0.29, 0.717) is 12.8 Å². The molecular weight excluding hydrogens is 264 g/mol. The number of nitrogens with zero attached hydrogens (tertiary/aromatic N) is 2. The van der Waals surface area contributed by atoms with E-state index in [0.717, 1.165) is 24.4 Å². The molecule has 104 valence electrons. The molecule has 0 radical (unpaired) electrons. The Balaban J connectivity index is 1.71. The van der Waals surface area contributed by atoms with Gasteiger partial charge in [-0.1, -0.05) is 0 Å². The van der Waals surface area contributed by atoms with Crippen molar-refractivity contribution < 1.29 is 13.6 Å². The summed E-state index contributed by atoms with van der Waals surface area (Å²) in [7, 11) is 0. The van der Waals surface area contributed by atoms with Crippen molar-refractivity contribution in [2.45, 2.75) is 19.4 Å². The number of halogens is 2. The second-order valence-corrected chi connectivity index (χ2v) is 4.88. The van der Waals surface area contributed by atoms with Gasteiger partial charge in [-0.25, -0.2) is 13.8 Å². The zero-order valence-electron chi connectivity index (χ0n) is 10.6. The van der Waals surface area contributed by atoms with Gasteiger partial charge in [0.1, 0.15) is 11.6 Å². The standard InChI is InChI=1S/C14H13F2N3O/c15-10-1-2-13(12(16)6-10)18-14(20)9-3-4-19-8-17-7-11(19)5-9/h1-2,6-9H,3-5H2,(H,18,20). The summed E-state index contributed by atoms with van der Waals surface area (Å²) in [5.41, 5.74) is 1.01. The van der Waals surface area contributed by atoms with Crippen LogP contribution >= 0.6 is 0 Å². The molecule has 4 nitrogen and oxygen atoms in total. The maximum absolute atomic E-state index is 13.5. The molecule has 2 aromatic rings. The van der Waals surface area contributed by atoms with Gasteiger partial charge in [0.25, 0.3) is 0 Å². The maximum atomic E-state index is 13.5. The van der Waals surface area contributed by atoms with Gasteiger partial charge in [0.2, 0.25) is 5.91 Å². The van der Waals surface area contributed by atoms with Crippen LogP contribution in [0.4, 0.5) is 14.5 Å². The lowest BCUT2D eigenvalue weighted by Crippen LogP contribution is -2.30. The zero-order valence-corrected chi connectivity index (χ0v) is 10.6. The van der Waals surface area contributed by atoms with E-state index in [1.54, 1.807) is 12.5 Å². The number of anilines is 1. The highest BCUT2D eigenvalue weighted by Crippen LogP contribution is 2.22. The van der Waals surface area contributed by atoms with Crippen LogP contribution < -0.4 is 5.32 Å². The molecule has 1 atom stereocenters. The molecule has 1 aliphatic heterocycles. The summed E-state index contributed by atoms with van der Waals surface area (Å²) in [5.74, 6) is -1.90. The number of carbonyl (C=O) groups excluding carboxylic acids is 1. The van der Waals surface area contributed by atoms with E-state index in [2.05, 4.69) is 10.3 Å². The van der Waals surface area contributed by atoms with Crippen LogP contribution in [0.2, 0.25) is 0 Å². The molecule has 1 aliphatic rings. The summed E-state index contributed by atoms with van der Waals surface area (Å²) in [6.07, 6.45) is 4.73. The highest BCUT2D eigenvalue weighted by molar-refractivity contribution is 5.92. The van der Waals surface area contributed by atoms with Gasteiger partial charge < -0.3 is 9.88 Å². The monoisotopic (exact) mass is 277 g/mol. The summed E-state index contributed by atoms with van der Waals surface area (Å²) in [6.45, 7) is 0.722. The van der Waals surface area contributed by atoms with Crippen LogP contribution in [-0.2, 0) is 17.8 Å². The number of imidazole rings is 1. The number of rotatable bonds is 2. The van der Waals surface area contributed by atoms with Crippen molar-refractivity contribution in [1.82, 2.24) is 9.55 Å². The highest BCUT2D eigenvalue weighted by Gasteiger charge is 2.25. The largest absolute Gasteiger partial charge is 0.335 e. The summed E-state index contributed by atoms with van der Waals surface area (Å²) in [5, 5.41) is 2.52. The average Bonchev–Trinajstić information content (AvgIpc) is 2.89. The topological polar surface area (TPSA) is 46.9 Å². The fourth-order valence-corrected chi connectivity index (χ4v) is 2.42. The van der Waals surface area contributed by atoms with Gasteiger partial charge in [0, 0.05) is 36.8 Å². The first-order valence-electron chi connectivity index (χ1n) is 6.38. The fourth-order valence-electron chi connectivity index (χ4n) is 2.42. The van der Waals surface area contributed by atoms with E-state index < -0.39 is 11.6 Å². The van der Waals surface area contributed by atoms with Crippen molar-refractivity contribution in [1.29, 1.82) is 0 Å². The Bertz CT molecular complexity index is 654. The predicted molar refractivity (Wildman–Crippen MR) is 69.0 cm³/mol. The molecule has 0 aliphatic carbocycles. The summed E-state index contributed by atoms with van der Waals surface area (Å²) >= 11 is 0. The molecule has 0 spiro atoms. The third-order valence-corrected chi connectivity index (χ3v) is 3.53. The molecule has 0 bridgehead atoms. The van der Waals surface area contributed by atoms with Crippen LogP contribution in [0.5, 0.6) is 0 Å². The van der Waals surface area contributed by atoms with Crippen LogP contribution in [0.3, 0.4) is 0 Å². The normalized spacial score (nSPS) is 17.6. The van der Waals surface area contributed by atoms with Gasteiger partial charge in [-0.3, -0.25) is 4.79 Å². The molecule has 0 saturated carbocycles. The van der Waals surface area contributed by atoms with E-state index >= 15 is 0 Å². The molecule has 0 saturated heterocycles. The van der Waals surface area contributed by atoms with Crippen LogP contribution in [0.25, 0.3) is 0 Å². The smallest absolute Gasteiger partial charge is 0.228 e. The third-order valence-electron chi connectivity index (χ3n) is 3.53. The number of benzene rings is 1. The fraction of sp³-hybridized carbons (Fsp3) is 0.286. The van der Waals surface area contributed by atoms with Gasteiger partial charge in [-0.2, -0.15) is 0 Å². The van der Waals surface area contributed by atoms with E-state index in [1.807, 2.05) is 4.57 Å². The lowest BCUT2D eigenvalue weighted by Gasteiger charge is -2.23. The number of aromatic nitrogens is 2. The Morgan fingerprint density at radius 1 is 1.40 bits per heavy atom. The minimum atomic E-state index is -0.765. The van der Waals surface area contributed by atoms with Crippen LogP contribution in [0.1, 0.15) is 12.1 Å². The molecule has 1 N–H and O–H groups in total. The van der Waals surface area contributed by atoms with E-state index in [1.165, 1.54) is 6.07 Å². The molecule has 6 heteroatoms. The van der Waals surface area contributed by atoms with Crippen LogP contribution in [0.15, 0.2) is 30.7 Å². The van der Waals surface area contributed by atoms with Gasteiger partial charge in [-0.05, 0) is 18.6 Å². The van der Waals surface area contributed by atoms with E-state index in [9.17, 15) is 13.6 Å². The predicted octanol–water partition coefficient (Wildman–Crippen LogP) is 2.36. The number of carbonyl (C=O) groups is 1. The Hall–Kier alpha value is -2.24. The minimum absolute atomic E-state index is 0.00970. The molecule has 1 aromatic carbocycles. The molecule has 1 amide bonds. The molecule has 20 heavy (non-hydrogen) atoms. The SMILES string of the molecule is O=C(Nc1ccc(F)cc1F)C1CCn2cncc2C1. The first kappa shape index (κ1) is 12.8. The second-order valence-electron chi connectivity index (χ2n) is 4.88. The van der Waals surface area contributed by atoms with Gasteiger partial charge in [-0.15, -0.1) is 0 Å². The van der Waals surface area contributed by atoms with Gasteiger partial charge in [0.05, 0.1) is 12.0 Å².